The molecule has 2 rings (SSSR count). The second-order valence-corrected chi connectivity index (χ2v) is 6.52. The number of hydrogen-bond acceptors (Lipinski definition) is 3. The summed E-state index contributed by atoms with van der Waals surface area (Å²) in [5.41, 5.74) is 6.79. The van der Waals surface area contributed by atoms with E-state index < -0.39 is 0 Å². The van der Waals surface area contributed by atoms with Gasteiger partial charge in [-0.25, -0.2) is 0 Å². The van der Waals surface area contributed by atoms with Crippen LogP contribution in [0.3, 0.4) is 0 Å². The molecule has 0 spiro atoms. The molecule has 0 bridgehead atoms. The van der Waals surface area contributed by atoms with E-state index in [0.717, 1.165) is 14.2 Å². The van der Waals surface area contributed by atoms with Crippen LogP contribution < -0.4 is 11.1 Å². The van der Waals surface area contributed by atoms with Crippen LogP contribution in [-0.4, -0.2) is 12.5 Å². The number of carbonyl (C=O) groups is 1. The van der Waals surface area contributed by atoms with Gasteiger partial charge in [0.05, 0.1) is 16.9 Å². The molecule has 0 radical (unpaired) electrons. The number of benzene rings is 1. The summed E-state index contributed by atoms with van der Waals surface area (Å²) >= 11 is 5.00. The molecule has 0 unspecified atom stereocenters. The highest BCUT2D eigenvalue weighted by Crippen LogP contribution is 2.21. The van der Waals surface area contributed by atoms with E-state index >= 15 is 0 Å². The molecular formula is C15H13BrN2OS. The summed E-state index contributed by atoms with van der Waals surface area (Å²) in [5.74, 6) is 5.61. The zero-order chi connectivity index (χ0) is 14.4. The van der Waals surface area contributed by atoms with Crippen molar-refractivity contribution in [1.82, 2.24) is 5.32 Å². The molecule has 0 saturated heterocycles. The van der Waals surface area contributed by atoms with Gasteiger partial charge in [0, 0.05) is 16.0 Å². The Morgan fingerprint density at radius 1 is 1.25 bits per heavy atom. The van der Waals surface area contributed by atoms with Crippen molar-refractivity contribution in [3.8, 4) is 11.8 Å². The lowest BCUT2D eigenvalue weighted by Gasteiger charge is -2.03. The summed E-state index contributed by atoms with van der Waals surface area (Å²) in [6.07, 6.45) is 0. The lowest BCUT2D eigenvalue weighted by molar-refractivity contribution is 0.0951. The van der Waals surface area contributed by atoms with Gasteiger partial charge in [-0.2, -0.15) is 0 Å². The fourth-order valence-corrected chi connectivity index (χ4v) is 3.00. The number of halogens is 1. The van der Waals surface area contributed by atoms with E-state index in [0.29, 0.717) is 18.7 Å². The number of amides is 1. The predicted molar refractivity (Wildman–Crippen MR) is 85.6 cm³/mol. The smallest absolute Gasteiger partial charge is 0.251 e. The van der Waals surface area contributed by atoms with Gasteiger partial charge in [-0.1, -0.05) is 11.8 Å². The van der Waals surface area contributed by atoms with Gasteiger partial charge in [-0.3, -0.25) is 4.79 Å². The summed E-state index contributed by atoms with van der Waals surface area (Å²) < 4.78 is 1.06. The predicted octanol–water partition coefficient (Wildman–Crippen LogP) is 2.75. The molecule has 0 aliphatic carbocycles. The molecule has 3 nitrogen and oxygen atoms in total. The molecule has 102 valence electrons. The molecule has 1 aromatic heterocycles. The molecule has 0 saturated carbocycles. The standard InChI is InChI=1S/C15H13BrN2OS/c16-14-8-7-13(20-14)10-18-15(19)12-5-3-11(4-6-12)2-1-9-17/h3-8H,9-10,17H2,(H,18,19). The molecule has 5 heteroatoms. The number of carbonyl (C=O) groups excluding carboxylic acids is 1. The van der Waals surface area contributed by atoms with Gasteiger partial charge in [-0.05, 0) is 52.3 Å². The minimum absolute atomic E-state index is 0.0899. The molecule has 1 aromatic carbocycles. The van der Waals surface area contributed by atoms with E-state index in [1.807, 2.05) is 24.3 Å². The summed E-state index contributed by atoms with van der Waals surface area (Å²) in [6, 6.07) is 11.1. The number of nitrogens with two attached hydrogens (primary N) is 1. The van der Waals surface area contributed by atoms with Crippen molar-refractivity contribution in [1.29, 1.82) is 0 Å². The van der Waals surface area contributed by atoms with Crippen molar-refractivity contribution in [3.05, 3.63) is 56.2 Å². The number of rotatable bonds is 3. The molecule has 0 aliphatic rings. The Bertz CT molecular complexity index is 653. The van der Waals surface area contributed by atoms with Crippen LogP contribution in [-0.2, 0) is 6.54 Å². The van der Waals surface area contributed by atoms with E-state index in [4.69, 9.17) is 5.73 Å². The van der Waals surface area contributed by atoms with Crippen LogP contribution in [0.5, 0.6) is 0 Å². The quantitative estimate of drug-likeness (QED) is 0.838. The second-order valence-electron chi connectivity index (χ2n) is 3.97. The Morgan fingerprint density at radius 2 is 2.00 bits per heavy atom. The van der Waals surface area contributed by atoms with Crippen molar-refractivity contribution < 1.29 is 4.79 Å². The zero-order valence-electron chi connectivity index (χ0n) is 10.7. The molecular weight excluding hydrogens is 336 g/mol. The Kier molecular flexibility index (Phi) is 5.36. The van der Waals surface area contributed by atoms with E-state index in [9.17, 15) is 4.79 Å². The topological polar surface area (TPSA) is 55.1 Å². The second kappa shape index (κ2) is 7.25. The minimum atomic E-state index is -0.0899. The lowest BCUT2D eigenvalue weighted by atomic mass is 10.1. The van der Waals surface area contributed by atoms with Crippen LogP contribution in [0.2, 0.25) is 0 Å². The largest absolute Gasteiger partial charge is 0.347 e. The fourth-order valence-electron chi connectivity index (χ4n) is 1.57. The average molecular weight is 349 g/mol. The van der Waals surface area contributed by atoms with Crippen LogP contribution in [0.4, 0.5) is 0 Å². The first-order chi connectivity index (χ1) is 9.69. The van der Waals surface area contributed by atoms with Crippen LogP contribution in [0.25, 0.3) is 0 Å². The molecule has 0 aliphatic heterocycles. The molecule has 0 atom stereocenters. The first kappa shape index (κ1) is 14.8. The number of thiophene rings is 1. The van der Waals surface area contributed by atoms with Gasteiger partial charge >= 0.3 is 0 Å². The van der Waals surface area contributed by atoms with E-state index in [-0.39, 0.29) is 5.91 Å². The minimum Gasteiger partial charge on any atom is -0.347 e. The maximum Gasteiger partial charge on any atom is 0.251 e. The van der Waals surface area contributed by atoms with Gasteiger partial charge in [0.2, 0.25) is 0 Å². The Morgan fingerprint density at radius 3 is 2.60 bits per heavy atom. The Balaban J connectivity index is 1.95. The van der Waals surface area contributed by atoms with Crippen LogP contribution in [0.1, 0.15) is 20.8 Å². The monoisotopic (exact) mass is 348 g/mol. The first-order valence-corrected chi connectivity index (χ1v) is 7.61. The van der Waals surface area contributed by atoms with Gasteiger partial charge in [0.1, 0.15) is 0 Å². The normalized spacial score (nSPS) is 9.70. The average Bonchev–Trinajstić information content (AvgIpc) is 2.89. The van der Waals surface area contributed by atoms with Crippen molar-refractivity contribution in [3.63, 3.8) is 0 Å². The summed E-state index contributed by atoms with van der Waals surface area (Å²) in [4.78, 5) is 13.1. The summed E-state index contributed by atoms with van der Waals surface area (Å²) in [6.45, 7) is 0.864. The first-order valence-electron chi connectivity index (χ1n) is 6.00. The Labute approximate surface area is 130 Å². The summed E-state index contributed by atoms with van der Waals surface area (Å²) in [7, 11) is 0. The number of nitrogens with one attached hydrogen (secondary N) is 1. The highest BCUT2D eigenvalue weighted by Gasteiger charge is 2.05. The number of hydrogen-bond donors (Lipinski definition) is 2. The lowest BCUT2D eigenvalue weighted by Crippen LogP contribution is -2.22. The van der Waals surface area contributed by atoms with E-state index in [1.165, 1.54) is 0 Å². The highest BCUT2D eigenvalue weighted by atomic mass is 79.9. The third kappa shape index (κ3) is 4.20. The van der Waals surface area contributed by atoms with Crippen molar-refractivity contribution in [2.45, 2.75) is 6.54 Å². The van der Waals surface area contributed by atoms with Crippen molar-refractivity contribution in [2.75, 3.05) is 6.54 Å². The zero-order valence-corrected chi connectivity index (χ0v) is 13.1. The van der Waals surface area contributed by atoms with Crippen molar-refractivity contribution >= 4 is 33.2 Å². The van der Waals surface area contributed by atoms with Crippen LogP contribution in [0.15, 0.2) is 40.2 Å². The maximum absolute atomic E-state index is 12.0. The fraction of sp³-hybridized carbons (Fsp3) is 0.133. The third-order valence-electron chi connectivity index (χ3n) is 2.53. The van der Waals surface area contributed by atoms with E-state index in [1.54, 1.807) is 23.5 Å². The highest BCUT2D eigenvalue weighted by molar-refractivity contribution is 9.11. The SMILES string of the molecule is NCC#Cc1ccc(C(=O)NCc2ccc(Br)s2)cc1. The molecule has 1 amide bonds. The molecule has 2 aromatic rings. The Hall–Kier alpha value is -1.61. The summed E-state index contributed by atoms with van der Waals surface area (Å²) in [5, 5.41) is 2.89. The third-order valence-corrected chi connectivity index (χ3v) is 4.16. The maximum atomic E-state index is 12.0. The van der Waals surface area contributed by atoms with E-state index in [2.05, 4.69) is 33.1 Å². The molecule has 0 fully saturated rings. The van der Waals surface area contributed by atoms with Crippen molar-refractivity contribution in [2.24, 2.45) is 5.73 Å². The van der Waals surface area contributed by atoms with Gasteiger partial charge in [0.25, 0.3) is 5.91 Å². The van der Waals surface area contributed by atoms with Gasteiger partial charge in [-0.15, -0.1) is 11.3 Å². The molecule has 3 N–H and O–H groups in total. The van der Waals surface area contributed by atoms with Crippen LogP contribution in [0, 0.1) is 11.8 Å². The molecule has 1 heterocycles. The van der Waals surface area contributed by atoms with Gasteiger partial charge < -0.3 is 11.1 Å². The van der Waals surface area contributed by atoms with Crippen LogP contribution >= 0.6 is 27.3 Å². The van der Waals surface area contributed by atoms with Gasteiger partial charge in [0.15, 0.2) is 0 Å². The molecule has 20 heavy (non-hydrogen) atoms.